The number of aryl methyl sites for hydroxylation is 3. The van der Waals surface area contributed by atoms with Gasteiger partial charge in [-0.2, -0.15) is 5.10 Å². The Morgan fingerprint density at radius 3 is 2.90 bits per heavy atom. The van der Waals surface area contributed by atoms with Gasteiger partial charge in [0, 0.05) is 12.7 Å². The third-order valence-electron chi connectivity index (χ3n) is 3.20. The topological polar surface area (TPSA) is 72.9 Å². The lowest BCUT2D eigenvalue weighted by atomic mass is 10.2. The molecule has 3 rings (SSSR count). The van der Waals surface area contributed by atoms with Crippen molar-refractivity contribution < 1.29 is 9.90 Å². The molecule has 6 nitrogen and oxygen atoms in total. The molecule has 0 saturated heterocycles. The average Bonchev–Trinajstić information content (AvgIpc) is 3.02. The lowest BCUT2D eigenvalue weighted by Gasteiger charge is -2.05. The van der Waals surface area contributed by atoms with Crippen molar-refractivity contribution in [2.45, 2.75) is 20.0 Å². The summed E-state index contributed by atoms with van der Waals surface area (Å²) in [4.78, 5) is 15.3. The predicted molar refractivity (Wildman–Crippen MR) is 73.7 cm³/mol. The number of aromatic nitrogens is 4. The first-order valence-electron chi connectivity index (χ1n) is 6.31. The van der Waals surface area contributed by atoms with Crippen LogP contribution in [0.25, 0.3) is 11.0 Å². The fourth-order valence-electron chi connectivity index (χ4n) is 2.17. The van der Waals surface area contributed by atoms with Gasteiger partial charge >= 0.3 is 5.97 Å². The highest BCUT2D eigenvalue weighted by atomic mass is 16.4. The van der Waals surface area contributed by atoms with E-state index in [0.717, 1.165) is 23.1 Å². The number of benzene rings is 1. The quantitative estimate of drug-likeness (QED) is 0.786. The summed E-state index contributed by atoms with van der Waals surface area (Å²) in [5.41, 5.74) is 3.02. The molecule has 0 spiro atoms. The minimum absolute atomic E-state index is 0.272. The normalized spacial score (nSPS) is 11.1. The molecule has 6 heteroatoms. The second-order valence-corrected chi connectivity index (χ2v) is 4.73. The van der Waals surface area contributed by atoms with Crippen LogP contribution in [0.1, 0.15) is 15.9 Å². The molecule has 0 aliphatic carbocycles. The van der Waals surface area contributed by atoms with E-state index in [0.29, 0.717) is 6.54 Å². The van der Waals surface area contributed by atoms with E-state index in [-0.39, 0.29) is 5.56 Å². The number of rotatable bonds is 4. The largest absolute Gasteiger partial charge is 0.478 e. The Bertz CT molecular complexity index is 772. The highest BCUT2D eigenvalue weighted by Crippen LogP contribution is 2.15. The Hall–Kier alpha value is -2.63. The Labute approximate surface area is 115 Å². The average molecular weight is 270 g/mol. The molecule has 0 amide bonds. The lowest BCUT2D eigenvalue weighted by Crippen LogP contribution is -2.07. The van der Waals surface area contributed by atoms with E-state index in [1.54, 1.807) is 24.5 Å². The highest BCUT2D eigenvalue weighted by Gasteiger charge is 2.08. The van der Waals surface area contributed by atoms with Crippen molar-refractivity contribution in [2.24, 2.45) is 0 Å². The smallest absolute Gasteiger partial charge is 0.335 e. The molecule has 1 aromatic carbocycles. The minimum atomic E-state index is -0.928. The molecule has 0 radical (unpaired) electrons. The number of carboxylic acids is 1. The van der Waals surface area contributed by atoms with Crippen LogP contribution >= 0.6 is 0 Å². The Balaban J connectivity index is 1.87. The first-order valence-corrected chi connectivity index (χ1v) is 6.31. The number of nitrogens with zero attached hydrogens (tertiary/aromatic N) is 4. The van der Waals surface area contributed by atoms with E-state index in [9.17, 15) is 4.79 Å². The van der Waals surface area contributed by atoms with Crippen LogP contribution in [0.5, 0.6) is 0 Å². The summed E-state index contributed by atoms with van der Waals surface area (Å²) in [6, 6.07) is 4.95. The van der Waals surface area contributed by atoms with Crippen LogP contribution in [-0.4, -0.2) is 30.4 Å². The number of aromatic carboxylic acids is 1. The minimum Gasteiger partial charge on any atom is -0.478 e. The number of fused-ring (bicyclic) bond motifs is 1. The van der Waals surface area contributed by atoms with Crippen molar-refractivity contribution in [1.29, 1.82) is 0 Å². The SMILES string of the molecule is Cc1cnn(CCn2cnc3ccc(C(=O)O)cc32)c1. The molecular formula is C14H14N4O2. The number of hydrogen-bond donors (Lipinski definition) is 1. The van der Waals surface area contributed by atoms with Gasteiger partial charge in [-0.15, -0.1) is 0 Å². The first-order chi connectivity index (χ1) is 9.63. The van der Waals surface area contributed by atoms with Gasteiger partial charge in [-0.05, 0) is 30.7 Å². The monoisotopic (exact) mass is 270 g/mol. The van der Waals surface area contributed by atoms with Crippen molar-refractivity contribution in [1.82, 2.24) is 19.3 Å². The standard InChI is InChI=1S/C14H14N4O2/c1-10-7-16-18(8-10)5-4-17-9-15-12-3-2-11(14(19)20)6-13(12)17/h2-3,6-9H,4-5H2,1H3,(H,19,20). The predicted octanol–water partition coefficient (Wildman–Crippen LogP) is 1.94. The van der Waals surface area contributed by atoms with Crippen LogP contribution in [0.4, 0.5) is 0 Å². The summed E-state index contributed by atoms with van der Waals surface area (Å²) >= 11 is 0. The number of carbonyl (C=O) groups is 1. The van der Waals surface area contributed by atoms with Gasteiger partial charge in [0.15, 0.2) is 0 Å². The summed E-state index contributed by atoms with van der Waals surface area (Å²) in [6.45, 7) is 3.41. The van der Waals surface area contributed by atoms with Crippen LogP contribution in [0.2, 0.25) is 0 Å². The zero-order valence-electron chi connectivity index (χ0n) is 11.0. The first kappa shape index (κ1) is 12.4. The van der Waals surface area contributed by atoms with Crippen LogP contribution in [-0.2, 0) is 13.1 Å². The van der Waals surface area contributed by atoms with Crippen molar-refractivity contribution in [3.05, 3.63) is 48.0 Å². The van der Waals surface area contributed by atoms with Crippen LogP contribution < -0.4 is 0 Å². The Kier molecular flexibility index (Phi) is 2.98. The maximum atomic E-state index is 11.0. The second kappa shape index (κ2) is 4.80. The zero-order chi connectivity index (χ0) is 14.1. The molecule has 0 saturated carbocycles. The van der Waals surface area contributed by atoms with Gasteiger partial charge in [0.1, 0.15) is 0 Å². The van der Waals surface area contributed by atoms with Gasteiger partial charge in [0.05, 0.1) is 35.7 Å². The zero-order valence-corrected chi connectivity index (χ0v) is 11.0. The number of carboxylic acid groups (broad SMARTS) is 1. The van der Waals surface area contributed by atoms with Crippen molar-refractivity contribution in [3.8, 4) is 0 Å². The molecule has 3 aromatic rings. The van der Waals surface area contributed by atoms with Gasteiger partial charge in [-0.25, -0.2) is 9.78 Å². The van der Waals surface area contributed by atoms with Gasteiger partial charge in [0.2, 0.25) is 0 Å². The Morgan fingerprint density at radius 2 is 2.20 bits per heavy atom. The molecular weight excluding hydrogens is 256 g/mol. The summed E-state index contributed by atoms with van der Waals surface area (Å²) in [6.07, 6.45) is 5.52. The molecule has 102 valence electrons. The van der Waals surface area contributed by atoms with Crippen molar-refractivity contribution >= 4 is 17.0 Å². The lowest BCUT2D eigenvalue weighted by molar-refractivity contribution is 0.0697. The van der Waals surface area contributed by atoms with Crippen LogP contribution in [0.3, 0.4) is 0 Å². The van der Waals surface area contributed by atoms with Gasteiger partial charge < -0.3 is 9.67 Å². The molecule has 0 atom stereocenters. The van der Waals surface area contributed by atoms with Gasteiger partial charge in [-0.1, -0.05) is 0 Å². The van der Waals surface area contributed by atoms with Gasteiger partial charge in [0.25, 0.3) is 0 Å². The maximum Gasteiger partial charge on any atom is 0.335 e. The molecule has 20 heavy (non-hydrogen) atoms. The maximum absolute atomic E-state index is 11.0. The van der Waals surface area contributed by atoms with E-state index in [2.05, 4.69) is 10.1 Å². The number of imidazole rings is 1. The second-order valence-electron chi connectivity index (χ2n) is 4.73. The Morgan fingerprint density at radius 1 is 1.35 bits per heavy atom. The molecule has 2 aromatic heterocycles. The fraction of sp³-hybridized carbons (Fsp3) is 0.214. The summed E-state index contributed by atoms with van der Waals surface area (Å²) in [5, 5.41) is 13.3. The fourth-order valence-corrected chi connectivity index (χ4v) is 2.17. The van der Waals surface area contributed by atoms with Crippen LogP contribution in [0, 0.1) is 6.92 Å². The van der Waals surface area contributed by atoms with E-state index in [1.807, 2.05) is 28.6 Å². The van der Waals surface area contributed by atoms with E-state index < -0.39 is 5.97 Å². The van der Waals surface area contributed by atoms with Crippen molar-refractivity contribution in [3.63, 3.8) is 0 Å². The van der Waals surface area contributed by atoms with Gasteiger partial charge in [-0.3, -0.25) is 4.68 Å². The summed E-state index contributed by atoms with van der Waals surface area (Å²) in [5.74, 6) is -0.928. The van der Waals surface area contributed by atoms with E-state index >= 15 is 0 Å². The molecule has 0 aliphatic rings. The molecule has 0 aliphatic heterocycles. The third-order valence-corrected chi connectivity index (χ3v) is 3.20. The molecule has 1 N–H and O–H groups in total. The third kappa shape index (κ3) is 2.27. The number of hydrogen-bond acceptors (Lipinski definition) is 3. The van der Waals surface area contributed by atoms with Crippen molar-refractivity contribution in [2.75, 3.05) is 0 Å². The highest BCUT2D eigenvalue weighted by molar-refractivity contribution is 5.92. The molecule has 0 bridgehead atoms. The van der Waals surface area contributed by atoms with E-state index in [1.165, 1.54) is 0 Å². The van der Waals surface area contributed by atoms with E-state index in [4.69, 9.17) is 5.11 Å². The summed E-state index contributed by atoms with van der Waals surface area (Å²) in [7, 11) is 0. The summed E-state index contributed by atoms with van der Waals surface area (Å²) < 4.78 is 3.81. The molecule has 2 heterocycles. The molecule has 0 fully saturated rings. The van der Waals surface area contributed by atoms with Crippen LogP contribution in [0.15, 0.2) is 36.9 Å². The molecule has 0 unspecified atom stereocenters.